The number of rotatable bonds is 64. The Morgan fingerprint density at radius 1 is 0.345 bits per heavy atom. The van der Waals surface area contributed by atoms with Gasteiger partial charge in [0.25, 0.3) is 0 Å². The lowest BCUT2D eigenvalue weighted by atomic mass is 9.99. The Morgan fingerprint density at radius 2 is 0.607 bits per heavy atom. The van der Waals surface area contributed by atoms with E-state index in [9.17, 15) is 43.2 Å². The van der Waals surface area contributed by atoms with E-state index in [0.717, 1.165) is 115 Å². The zero-order valence-corrected chi connectivity index (χ0v) is 56.0. The lowest BCUT2D eigenvalue weighted by Crippen LogP contribution is -2.30. The molecule has 19 heteroatoms. The maximum absolute atomic E-state index is 13.0. The fourth-order valence-corrected chi connectivity index (χ4v) is 11.3. The third kappa shape index (κ3) is 57.8. The Kier molecular flexibility index (Phi) is 56.2. The van der Waals surface area contributed by atoms with Gasteiger partial charge in [-0.15, -0.1) is 0 Å². The van der Waals surface area contributed by atoms with Crippen molar-refractivity contribution in [3.05, 3.63) is 0 Å². The van der Waals surface area contributed by atoms with Crippen molar-refractivity contribution in [2.24, 2.45) is 11.8 Å². The SMILES string of the molecule is CCCCCCCCCCCCCCC(=O)O[C@H](COC(=O)CCCCCCCCC)COP(=O)(O)OC[C@H](O)COP(=O)(O)OC[C@@H](COC(=O)CCCCCCCCCCC(C)CC)OC(=O)CCCCCCCCCCCCC(C)C. The van der Waals surface area contributed by atoms with Crippen LogP contribution >= 0.6 is 15.6 Å². The Bertz CT molecular complexity index is 1650. The number of hydrogen-bond acceptors (Lipinski definition) is 15. The quantitative estimate of drug-likeness (QED) is 0.0222. The van der Waals surface area contributed by atoms with Gasteiger partial charge >= 0.3 is 39.5 Å². The van der Waals surface area contributed by atoms with Gasteiger partial charge in [-0.25, -0.2) is 9.13 Å². The molecular formula is C65H126O17P2. The van der Waals surface area contributed by atoms with Crippen molar-refractivity contribution in [1.82, 2.24) is 0 Å². The monoisotopic (exact) mass is 1240 g/mol. The van der Waals surface area contributed by atoms with Gasteiger partial charge in [-0.1, -0.05) is 273 Å². The first kappa shape index (κ1) is 82.1. The summed E-state index contributed by atoms with van der Waals surface area (Å²) in [5, 5.41) is 10.5. The smallest absolute Gasteiger partial charge is 0.462 e. The highest BCUT2D eigenvalue weighted by atomic mass is 31.2. The van der Waals surface area contributed by atoms with E-state index in [1.165, 1.54) is 128 Å². The molecule has 0 aromatic heterocycles. The molecule has 0 aliphatic carbocycles. The largest absolute Gasteiger partial charge is 0.472 e. The third-order valence-corrected chi connectivity index (χ3v) is 17.2. The first-order chi connectivity index (χ1) is 40.4. The molecule has 17 nitrogen and oxygen atoms in total. The molecule has 0 bridgehead atoms. The van der Waals surface area contributed by atoms with Crippen molar-refractivity contribution in [3.63, 3.8) is 0 Å². The minimum Gasteiger partial charge on any atom is -0.462 e. The number of carbonyl (C=O) groups is 4. The molecule has 0 aliphatic rings. The van der Waals surface area contributed by atoms with E-state index in [2.05, 4.69) is 41.5 Å². The topological polar surface area (TPSA) is 237 Å². The van der Waals surface area contributed by atoms with Gasteiger partial charge in [0.05, 0.1) is 26.4 Å². The Morgan fingerprint density at radius 3 is 0.905 bits per heavy atom. The number of carbonyl (C=O) groups excluding carboxylic acids is 4. The normalized spacial score (nSPS) is 14.6. The molecule has 0 saturated heterocycles. The van der Waals surface area contributed by atoms with Gasteiger partial charge in [0.15, 0.2) is 12.2 Å². The van der Waals surface area contributed by atoms with Gasteiger partial charge in [0.1, 0.15) is 19.3 Å². The minimum absolute atomic E-state index is 0.105. The second-order valence-electron chi connectivity index (χ2n) is 24.2. The summed E-state index contributed by atoms with van der Waals surface area (Å²) in [6, 6.07) is 0. The highest BCUT2D eigenvalue weighted by Gasteiger charge is 2.30. The zero-order valence-electron chi connectivity index (χ0n) is 54.2. The molecule has 0 rings (SSSR count). The van der Waals surface area contributed by atoms with E-state index in [4.69, 9.17) is 37.0 Å². The van der Waals surface area contributed by atoms with Gasteiger partial charge < -0.3 is 33.8 Å². The van der Waals surface area contributed by atoms with Crippen LogP contribution in [0.2, 0.25) is 0 Å². The molecular weight excluding hydrogens is 1110 g/mol. The van der Waals surface area contributed by atoms with Crippen LogP contribution in [0.3, 0.4) is 0 Å². The van der Waals surface area contributed by atoms with Crippen molar-refractivity contribution in [2.45, 2.75) is 342 Å². The molecule has 3 N–H and O–H groups in total. The summed E-state index contributed by atoms with van der Waals surface area (Å²) in [6.07, 6.45) is 40.3. The summed E-state index contributed by atoms with van der Waals surface area (Å²) in [6.45, 7) is 9.46. The number of hydrogen-bond donors (Lipinski definition) is 3. The van der Waals surface area contributed by atoms with Crippen LogP contribution in [0.25, 0.3) is 0 Å². The maximum atomic E-state index is 13.0. The van der Waals surface area contributed by atoms with Crippen molar-refractivity contribution < 1.29 is 80.2 Å². The number of phosphoric acid groups is 2. The van der Waals surface area contributed by atoms with Crippen LogP contribution in [0, 0.1) is 11.8 Å². The molecule has 0 fully saturated rings. The third-order valence-electron chi connectivity index (χ3n) is 15.3. The molecule has 0 aliphatic heterocycles. The number of unbranched alkanes of at least 4 members (excludes halogenated alkanes) is 33. The van der Waals surface area contributed by atoms with Crippen molar-refractivity contribution in [1.29, 1.82) is 0 Å². The molecule has 498 valence electrons. The summed E-state index contributed by atoms with van der Waals surface area (Å²) >= 11 is 0. The van der Waals surface area contributed by atoms with Crippen LogP contribution in [0.4, 0.5) is 0 Å². The number of aliphatic hydroxyl groups excluding tert-OH is 1. The highest BCUT2D eigenvalue weighted by Crippen LogP contribution is 2.45. The van der Waals surface area contributed by atoms with Crippen LogP contribution in [0.1, 0.15) is 324 Å². The van der Waals surface area contributed by atoms with Gasteiger partial charge in [0, 0.05) is 25.7 Å². The summed E-state index contributed by atoms with van der Waals surface area (Å²) in [7, 11) is -9.89. The molecule has 0 amide bonds. The van der Waals surface area contributed by atoms with Crippen LogP contribution < -0.4 is 0 Å². The second kappa shape index (κ2) is 57.5. The average Bonchev–Trinajstić information content (AvgIpc) is 3.60. The summed E-state index contributed by atoms with van der Waals surface area (Å²) in [5.41, 5.74) is 0. The second-order valence-corrected chi connectivity index (χ2v) is 27.1. The van der Waals surface area contributed by atoms with Gasteiger partial charge in [-0.2, -0.15) is 0 Å². The average molecular weight is 1240 g/mol. The minimum atomic E-state index is -4.95. The predicted molar refractivity (Wildman–Crippen MR) is 335 cm³/mol. The first-order valence-electron chi connectivity index (χ1n) is 34.0. The summed E-state index contributed by atoms with van der Waals surface area (Å²) in [4.78, 5) is 72.2. The van der Waals surface area contributed by atoms with Gasteiger partial charge in [-0.3, -0.25) is 37.3 Å². The fourth-order valence-electron chi connectivity index (χ4n) is 9.68. The van der Waals surface area contributed by atoms with E-state index in [0.29, 0.717) is 25.7 Å². The standard InChI is InChI=1S/C65H126O17P2/c1-7-10-12-14-16-17-18-19-23-31-37-43-49-64(69)81-60(53-75-62(67)47-41-35-27-15-13-11-8-2)55-79-83(71,72)77-51-59(66)52-78-84(73,74)80-56-61(54-76-63(68)48-42-36-30-26-25-29-34-40-46-58(6)9-3)82-65(70)50-44-38-32-24-21-20-22-28-33-39-45-57(4)5/h57-61,66H,7-56H2,1-6H3,(H,71,72)(H,73,74)/t58?,59-,60+,61+/m0/s1. The molecule has 0 spiro atoms. The van der Waals surface area contributed by atoms with Gasteiger partial charge in [-0.05, 0) is 37.5 Å². The van der Waals surface area contributed by atoms with Crippen LogP contribution in [0.15, 0.2) is 0 Å². The molecule has 84 heavy (non-hydrogen) atoms. The molecule has 0 heterocycles. The lowest BCUT2D eigenvalue weighted by molar-refractivity contribution is -0.161. The molecule has 0 saturated carbocycles. The van der Waals surface area contributed by atoms with Crippen molar-refractivity contribution in [2.75, 3.05) is 39.6 Å². The molecule has 6 atom stereocenters. The Balaban J connectivity index is 5.23. The number of phosphoric ester groups is 2. The van der Waals surface area contributed by atoms with E-state index < -0.39 is 97.5 Å². The molecule has 0 aromatic carbocycles. The number of aliphatic hydroxyl groups is 1. The van der Waals surface area contributed by atoms with E-state index in [-0.39, 0.29) is 25.7 Å². The molecule has 0 aromatic rings. The maximum Gasteiger partial charge on any atom is 0.472 e. The molecule has 3 unspecified atom stereocenters. The zero-order chi connectivity index (χ0) is 62.2. The van der Waals surface area contributed by atoms with Crippen LogP contribution in [0.5, 0.6) is 0 Å². The summed E-state index contributed by atoms with van der Waals surface area (Å²) in [5.74, 6) is -0.606. The summed E-state index contributed by atoms with van der Waals surface area (Å²) < 4.78 is 68.0. The first-order valence-corrected chi connectivity index (χ1v) is 37.0. The fraction of sp³-hybridized carbons (Fsp3) is 0.938. The van der Waals surface area contributed by atoms with Crippen LogP contribution in [-0.4, -0.2) is 96.7 Å². The lowest BCUT2D eigenvalue weighted by Gasteiger charge is -2.21. The van der Waals surface area contributed by atoms with E-state index >= 15 is 0 Å². The number of ether oxygens (including phenoxy) is 4. The highest BCUT2D eigenvalue weighted by molar-refractivity contribution is 7.47. The van der Waals surface area contributed by atoms with Crippen molar-refractivity contribution >= 4 is 39.5 Å². The van der Waals surface area contributed by atoms with Gasteiger partial charge in [0.2, 0.25) is 0 Å². The molecule has 0 radical (unpaired) electrons. The van der Waals surface area contributed by atoms with Crippen LogP contribution in [-0.2, 0) is 65.4 Å². The van der Waals surface area contributed by atoms with E-state index in [1.807, 2.05) is 0 Å². The number of esters is 4. The Hall–Kier alpha value is -1.94. The van der Waals surface area contributed by atoms with Crippen molar-refractivity contribution in [3.8, 4) is 0 Å². The Labute approximate surface area is 511 Å². The predicted octanol–water partition coefficient (Wildman–Crippen LogP) is 18.0. The van der Waals surface area contributed by atoms with E-state index in [1.54, 1.807) is 0 Å².